The van der Waals surface area contributed by atoms with E-state index in [1.54, 1.807) is 47.8 Å². The van der Waals surface area contributed by atoms with Crippen molar-refractivity contribution in [2.75, 3.05) is 20.3 Å². The van der Waals surface area contributed by atoms with E-state index >= 15 is 0 Å². The molecule has 0 spiro atoms. The summed E-state index contributed by atoms with van der Waals surface area (Å²) in [5, 5.41) is 11.7. The van der Waals surface area contributed by atoms with Crippen LogP contribution in [0.15, 0.2) is 59.3 Å². The van der Waals surface area contributed by atoms with Gasteiger partial charge in [-0.1, -0.05) is 6.07 Å². The number of ketones is 1. The Balaban J connectivity index is 1.67. The Morgan fingerprint density at radius 1 is 1.40 bits per heavy atom. The molecular formula is C21H19N3O5S. The van der Waals surface area contributed by atoms with Gasteiger partial charge >= 0.3 is 5.97 Å². The third-order valence-electron chi connectivity index (χ3n) is 4.49. The van der Waals surface area contributed by atoms with Crippen LogP contribution in [0.25, 0.3) is 17.1 Å². The number of carbonyl (C=O) groups is 2. The van der Waals surface area contributed by atoms with Crippen LogP contribution in [-0.2, 0) is 25.6 Å². The molecule has 0 saturated carbocycles. The number of aliphatic hydroxyl groups excluding tert-OH is 1. The van der Waals surface area contributed by atoms with E-state index in [-0.39, 0.29) is 30.4 Å². The van der Waals surface area contributed by atoms with Crippen molar-refractivity contribution in [2.24, 2.45) is 0 Å². The molecule has 9 heteroatoms. The van der Waals surface area contributed by atoms with Gasteiger partial charge in [0.2, 0.25) is 11.7 Å². The Kier molecular flexibility index (Phi) is 5.64. The van der Waals surface area contributed by atoms with Crippen molar-refractivity contribution in [3.8, 4) is 0 Å². The highest BCUT2D eigenvalue weighted by atomic mass is 32.1. The largest absolute Gasteiger partial charge is 0.459 e. The van der Waals surface area contributed by atoms with Gasteiger partial charge in [-0.2, -0.15) is 0 Å². The van der Waals surface area contributed by atoms with Crippen molar-refractivity contribution in [1.29, 1.82) is 0 Å². The molecule has 2 N–H and O–H groups in total. The van der Waals surface area contributed by atoms with Crippen LogP contribution in [-0.4, -0.2) is 52.0 Å². The molecule has 3 aromatic heterocycles. The highest BCUT2D eigenvalue weighted by molar-refractivity contribution is 7.09. The van der Waals surface area contributed by atoms with E-state index < -0.39 is 11.8 Å². The number of rotatable bonds is 7. The number of hydrogen-bond donors (Lipinski definition) is 2. The fourth-order valence-electron chi connectivity index (χ4n) is 3.12. The minimum Gasteiger partial charge on any atom is -0.459 e. The van der Waals surface area contributed by atoms with E-state index in [4.69, 9.17) is 14.6 Å². The lowest BCUT2D eigenvalue weighted by molar-refractivity contribution is -0.141. The second kappa shape index (κ2) is 8.52. The average molecular weight is 425 g/mol. The van der Waals surface area contributed by atoms with Crippen LogP contribution in [0.2, 0.25) is 0 Å². The molecule has 8 nitrogen and oxygen atoms in total. The Bertz CT molecular complexity index is 1150. The zero-order chi connectivity index (χ0) is 21.1. The molecule has 0 amide bonds. The summed E-state index contributed by atoms with van der Waals surface area (Å²) in [5.41, 5.74) is 1.21. The summed E-state index contributed by atoms with van der Waals surface area (Å²) in [4.78, 5) is 35.6. The molecule has 30 heavy (non-hydrogen) atoms. The first-order chi connectivity index (χ1) is 14.6. The lowest BCUT2D eigenvalue weighted by Gasteiger charge is -2.19. The standard InChI is InChI=1S/C21H19N3O5S/c1-24(12-14-4-3-9-30-14)20-17(21(27)28-8-7-25)18(26)16(29-20)10-13-11-23-19-15(13)5-2-6-22-19/h2-6,9-11,25H,7-8,12H2,1H3,(H,22,23)/b16-10-. The SMILES string of the molecule is CN(Cc1cccs1)C1=C(C(=O)OCCO)C(=O)/C(=C/c2c[nH]c3ncccc23)O1. The number of Topliss-reactive ketones (excluding diaryl/α,β-unsaturated/α-hetero) is 1. The smallest absolute Gasteiger partial charge is 0.347 e. The zero-order valence-electron chi connectivity index (χ0n) is 16.1. The van der Waals surface area contributed by atoms with Crippen LogP contribution in [0.1, 0.15) is 10.4 Å². The molecule has 0 aliphatic carbocycles. The highest BCUT2D eigenvalue weighted by Gasteiger charge is 2.38. The number of hydrogen-bond acceptors (Lipinski definition) is 8. The van der Waals surface area contributed by atoms with Crippen molar-refractivity contribution in [2.45, 2.75) is 6.54 Å². The summed E-state index contributed by atoms with van der Waals surface area (Å²) in [6.07, 6.45) is 4.97. The molecule has 154 valence electrons. The summed E-state index contributed by atoms with van der Waals surface area (Å²) in [6, 6.07) is 7.55. The number of nitrogens with zero attached hydrogens (tertiary/aromatic N) is 2. The molecule has 0 atom stereocenters. The van der Waals surface area contributed by atoms with Crippen LogP contribution in [0, 0.1) is 0 Å². The molecule has 0 unspecified atom stereocenters. The average Bonchev–Trinajstić information content (AvgIpc) is 3.47. The van der Waals surface area contributed by atoms with E-state index in [0.29, 0.717) is 17.8 Å². The van der Waals surface area contributed by atoms with Crippen molar-refractivity contribution < 1.29 is 24.2 Å². The molecule has 0 bridgehead atoms. The van der Waals surface area contributed by atoms with Crippen LogP contribution in [0.3, 0.4) is 0 Å². The van der Waals surface area contributed by atoms with E-state index in [2.05, 4.69) is 9.97 Å². The van der Waals surface area contributed by atoms with Crippen LogP contribution in [0.4, 0.5) is 0 Å². The molecule has 3 aromatic rings. The van der Waals surface area contributed by atoms with Gasteiger partial charge in [-0.3, -0.25) is 4.79 Å². The molecule has 0 radical (unpaired) electrons. The quantitative estimate of drug-likeness (QED) is 0.340. The normalized spacial score (nSPS) is 15.1. The number of fused-ring (bicyclic) bond motifs is 1. The van der Waals surface area contributed by atoms with E-state index in [1.165, 1.54) is 0 Å². The second-order valence-corrected chi connectivity index (χ2v) is 7.59. The minimum absolute atomic E-state index is 0.0173. The zero-order valence-corrected chi connectivity index (χ0v) is 16.9. The van der Waals surface area contributed by atoms with Crippen molar-refractivity contribution >= 4 is 40.2 Å². The minimum atomic E-state index is -0.828. The number of thiophene rings is 1. The topological polar surface area (TPSA) is 105 Å². The van der Waals surface area contributed by atoms with Gasteiger partial charge in [-0.15, -0.1) is 11.3 Å². The number of allylic oxidation sites excluding steroid dienone is 1. The van der Waals surface area contributed by atoms with E-state index in [9.17, 15) is 9.59 Å². The number of ether oxygens (including phenoxy) is 2. The van der Waals surface area contributed by atoms with Gasteiger partial charge in [0.1, 0.15) is 12.3 Å². The molecule has 0 saturated heterocycles. The van der Waals surface area contributed by atoms with Gasteiger partial charge in [0.05, 0.1) is 13.2 Å². The maximum Gasteiger partial charge on any atom is 0.347 e. The molecular weight excluding hydrogens is 406 g/mol. The molecule has 1 aliphatic heterocycles. The summed E-state index contributed by atoms with van der Waals surface area (Å²) < 4.78 is 10.8. The van der Waals surface area contributed by atoms with Crippen LogP contribution in [0.5, 0.6) is 0 Å². The first kappa shape index (κ1) is 19.9. The van der Waals surface area contributed by atoms with Gasteiger partial charge in [0.25, 0.3) is 0 Å². The van der Waals surface area contributed by atoms with Gasteiger partial charge in [-0.05, 0) is 29.7 Å². The molecule has 0 aromatic carbocycles. The lowest BCUT2D eigenvalue weighted by atomic mass is 10.1. The summed E-state index contributed by atoms with van der Waals surface area (Å²) in [7, 11) is 1.74. The maximum absolute atomic E-state index is 13.0. The number of H-pyrrole nitrogens is 1. The number of pyridine rings is 1. The van der Waals surface area contributed by atoms with Crippen molar-refractivity contribution in [3.05, 3.63) is 69.7 Å². The summed E-state index contributed by atoms with van der Waals surface area (Å²) >= 11 is 1.56. The highest BCUT2D eigenvalue weighted by Crippen LogP contribution is 2.31. The maximum atomic E-state index is 13.0. The van der Waals surface area contributed by atoms with Crippen LogP contribution >= 0.6 is 11.3 Å². The molecule has 1 aliphatic rings. The fraction of sp³-hybridized carbons (Fsp3) is 0.190. The Labute approximate surface area is 176 Å². The number of esters is 1. The molecule has 0 fully saturated rings. The predicted molar refractivity (Wildman–Crippen MR) is 111 cm³/mol. The van der Waals surface area contributed by atoms with Crippen molar-refractivity contribution in [3.63, 3.8) is 0 Å². The number of aromatic amines is 1. The number of aliphatic hydroxyl groups is 1. The number of aromatic nitrogens is 2. The monoisotopic (exact) mass is 425 g/mol. The Morgan fingerprint density at radius 3 is 3.03 bits per heavy atom. The first-order valence-corrected chi connectivity index (χ1v) is 10.1. The summed E-state index contributed by atoms with van der Waals surface area (Å²) in [5.74, 6) is -1.25. The third-order valence-corrected chi connectivity index (χ3v) is 5.35. The Morgan fingerprint density at radius 2 is 2.27 bits per heavy atom. The van der Waals surface area contributed by atoms with E-state index in [1.807, 2.05) is 23.6 Å². The molecule has 4 heterocycles. The number of nitrogens with one attached hydrogen (secondary N) is 1. The van der Waals surface area contributed by atoms with E-state index in [0.717, 1.165) is 10.3 Å². The van der Waals surface area contributed by atoms with Crippen LogP contribution < -0.4 is 0 Å². The third kappa shape index (κ3) is 3.85. The summed E-state index contributed by atoms with van der Waals surface area (Å²) in [6.45, 7) is -0.0779. The lowest BCUT2D eigenvalue weighted by Crippen LogP contribution is -2.22. The van der Waals surface area contributed by atoms with Crippen molar-refractivity contribution in [1.82, 2.24) is 14.9 Å². The first-order valence-electron chi connectivity index (χ1n) is 9.20. The molecule has 4 rings (SSSR count). The Hall–Kier alpha value is -3.43. The van der Waals surface area contributed by atoms with Gasteiger partial charge in [0, 0.05) is 35.3 Å². The fourth-order valence-corrected chi connectivity index (χ4v) is 3.88. The second-order valence-electron chi connectivity index (χ2n) is 6.56. The van der Waals surface area contributed by atoms with Gasteiger partial charge in [-0.25, -0.2) is 9.78 Å². The van der Waals surface area contributed by atoms with Gasteiger partial charge in [0.15, 0.2) is 11.3 Å². The number of carbonyl (C=O) groups excluding carboxylic acids is 2. The predicted octanol–water partition coefficient (Wildman–Crippen LogP) is 2.44. The van der Waals surface area contributed by atoms with Gasteiger partial charge < -0.3 is 24.5 Å².